The Bertz CT molecular complexity index is 157. The average molecular weight is 166 g/mol. The van der Waals surface area contributed by atoms with Crippen molar-refractivity contribution < 1.29 is 4.65 Å². The molecule has 2 atom stereocenters. The lowest BCUT2D eigenvalue weighted by atomic mass is 9.53. The molecule has 0 radical (unpaired) electrons. The van der Waals surface area contributed by atoms with Gasteiger partial charge in [0.1, 0.15) is 0 Å². The van der Waals surface area contributed by atoms with Gasteiger partial charge in [0.15, 0.2) is 0 Å². The summed E-state index contributed by atoms with van der Waals surface area (Å²) >= 11 is 0. The Balaban J connectivity index is 2.34. The number of hydrogen-bond acceptors (Lipinski definition) is 1. The molecule has 0 spiro atoms. The Kier molecular flexibility index (Phi) is 3.39. The van der Waals surface area contributed by atoms with Gasteiger partial charge in [-0.1, -0.05) is 38.8 Å². The monoisotopic (exact) mass is 166 g/mol. The summed E-state index contributed by atoms with van der Waals surface area (Å²) in [4.78, 5) is 0. The summed E-state index contributed by atoms with van der Waals surface area (Å²) < 4.78 is 5.79. The van der Waals surface area contributed by atoms with Gasteiger partial charge in [-0.15, -0.1) is 0 Å². The minimum Gasteiger partial charge on any atom is -0.432 e. The lowest BCUT2D eigenvalue weighted by molar-refractivity contribution is 0.347. The first-order valence-corrected chi connectivity index (χ1v) is 4.87. The van der Waals surface area contributed by atoms with E-state index in [-0.39, 0.29) is 0 Å². The van der Waals surface area contributed by atoms with Crippen LogP contribution in [0.15, 0.2) is 12.2 Å². The van der Waals surface area contributed by atoms with Gasteiger partial charge >= 0.3 is 0 Å². The lowest BCUT2D eigenvalue weighted by Gasteiger charge is -2.16. The molecule has 1 aliphatic heterocycles. The van der Waals surface area contributed by atoms with Crippen molar-refractivity contribution in [1.82, 2.24) is 0 Å². The fourth-order valence-corrected chi connectivity index (χ4v) is 1.98. The maximum Gasteiger partial charge on any atom is 0.299 e. The van der Waals surface area contributed by atoms with Crippen molar-refractivity contribution in [1.29, 1.82) is 0 Å². The van der Waals surface area contributed by atoms with Crippen LogP contribution in [0.3, 0.4) is 0 Å². The summed E-state index contributed by atoms with van der Waals surface area (Å²) in [7, 11) is 0. The van der Waals surface area contributed by atoms with Gasteiger partial charge in [0.25, 0.3) is 6.92 Å². The third-order valence-corrected chi connectivity index (χ3v) is 2.72. The van der Waals surface area contributed by atoms with Crippen molar-refractivity contribution in [2.24, 2.45) is 0 Å². The van der Waals surface area contributed by atoms with Gasteiger partial charge in [0.05, 0.1) is 0 Å². The molecule has 1 heterocycles. The van der Waals surface area contributed by atoms with Crippen LogP contribution in [0.1, 0.15) is 33.6 Å². The fraction of sp³-hybridized carbons (Fsp3) is 0.800. The van der Waals surface area contributed by atoms with Crippen molar-refractivity contribution >= 4 is 6.92 Å². The predicted octanol–water partition coefficient (Wildman–Crippen LogP) is 3.14. The molecule has 68 valence electrons. The zero-order chi connectivity index (χ0) is 9.14. The van der Waals surface area contributed by atoms with Crippen LogP contribution < -0.4 is 0 Å². The number of hydrogen-bond donors (Lipinski definition) is 0. The van der Waals surface area contributed by atoms with Crippen LogP contribution in [0.5, 0.6) is 0 Å². The number of rotatable bonds is 3. The van der Waals surface area contributed by atoms with Crippen LogP contribution in [-0.4, -0.2) is 13.5 Å². The van der Waals surface area contributed by atoms with Gasteiger partial charge in [-0.25, -0.2) is 0 Å². The first-order valence-electron chi connectivity index (χ1n) is 4.87. The normalized spacial score (nSPS) is 29.4. The minimum atomic E-state index is 0.474. The molecule has 1 saturated heterocycles. The predicted molar refractivity (Wildman–Crippen MR) is 54.6 cm³/mol. The van der Waals surface area contributed by atoms with Crippen LogP contribution in [0.25, 0.3) is 0 Å². The molecule has 0 aromatic rings. The molecular formula is C10H19BO. The Morgan fingerprint density at radius 1 is 1.42 bits per heavy atom. The van der Waals surface area contributed by atoms with E-state index in [2.05, 4.69) is 20.4 Å². The van der Waals surface area contributed by atoms with Crippen LogP contribution in [0.2, 0.25) is 11.6 Å². The van der Waals surface area contributed by atoms with Crippen molar-refractivity contribution in [3.8, 4) is 0 Å². The van der Waals surface area contributed by atoms with Gasteiger partial charge in [-0.2, -0.15) is 0 Å². The van der Waals surface area contributed by atoms with E-state index in [1.165, 1.54) is 12.8 Å². The first kappa shape index (κ1) is 9.85. The van der Waals surface area contributed by atoms with E-state index in [9.17, 15) is 0 Å². The summed E-state index contributed by atoms with van der Waals surface area (Å²) in [6.45, 7) is 11.6. The van der Waals surface area contributed by atoms with Crippen LogP contribution >= 0.6 is 0 Å². The molecule has 1 fully saturated rings. The third-order valence-electron chi connectivity index (χ3n) is 2.72. The fourth-order valence-electron chi connectivity index (χ4n) is 1.98. The van der Waals surface area contributed by atoms with Gasteiger partial charge < -0.3 is 4.65 Å². The van der Waals surface area contributed by atoms with E-state index in [4.69, 9.17) is 4.65 Å². The van der Waals surface area contributed by atoms with E-state index in [1.807, 2.05) is 6.92 Å². The summed E-state index contributed by atoms with van der Waals surface area (Å²) in [6.07, 6.45) is 2.64. The molecule has 0 aromatic carbocycles. The van der Waals surface area contributed by atoms with Gasteiger partial charge in [0, 0.05) is 6.61 Å². The van der Waals surface area contributed by atoms with E-state index in [0.29, 0.717) is 6.92 Å². The largest absolute Gasteiger partial charge is 0.432 e. The van der Waals surface area contributed by atoms with Gasteiger partial charge in [0.2, 0.25) is 0 Å². The molecule has 0 amide bonds. The summed E-state index contributed by atoms with van der Waals surface area (Å²) in [5.41, 5.74) is 1.13. The maximum absolute atomic E-state index is 5.79. The highest BCUT2D eigenvalue weighted by Gasteiger charge is 2.35. The Morgan fingerprint density at radius 3 is 2.33 bits per heavy atom. The zero-order valence-corrected chi connectivity index (χ0v) is 8.47. The van der Waals surface area contributed by atoms with Crippen LogP contribution in [0.4, 0.5) is 0 Å². The van der Waals surface area contributed by atoms with Gasteiger partial charge in [-0.05, 0) is 18.6 Å². The van der Waals surface area contributed by atoms with Crippen molar-refractivity contribution in [3.63, 3.8) is 0 Å². The van der Waals surface area contributed by atoms with Crippen LogP contribution in [0, 0.1) is 0 Å². The summed E-state index contributed by atoms with van der Waals surface area (Å²) in [5.74, 6) is 1.47. The average Bonchev–Trinajstić information content (AvgIpc) is 2.28. The molecule has 1 rings (SSSR count). The van der Waals surface area contributed by atoms with Crippen LogP contribution in [-0.2, 0) is 4.65 Å². The van der Waals surface area contributed by atoms with E-state index >= 15 is 0 Å². The quantitative estimate of drug-likeness (QED) is 0.462. The first-order chi connectivity index (χ1) is 5.61. The molecule has 12 heavy (non-hydrogen) atoms. The molecule has 0 N–H and O–H groups in total. The second kappa shape index (κ2) is 4.13. The maximum atomic E-state index is 5.79. The SMILES string of the molecule is C=C(C)COB1C(C)CC[C@H]1C. The molecule has 1 aliphatic rings. The highest BCUT2D eigenvalue weighted by atomic mass is 16.4. The third kappa shape index (κ3) is 2.38. The smallest absolute Gasteiger partial charge is 0.299 e. The topological polar surface area (TPSA) is 9.23 Å². The molecule has 0 saturated carbocycles. The van der Waals surface area contributed by atoms with Crippen molar-refractivity contribution in [3.05, 3.63) is 12.2 Å². The molecule has 1 nitrogen and oxygen atoms in total. The molecule has 0 bridgehead atoms. The molecule has 0 aliphatic carbocycles. The molecule has 2 heteroatoms. The minimum absolute atomic E-state index is 0.474. The summed E-state index contributed by atoms with van der Waals surface area (Å²) in [6, 6.07) is 0. The highest BCUT2D eigenvalue weighted by molar-refractivity contribution is 6.56. The lowest BCUT2D eigenvalue weighted by Crippen LogP contribution is -2.22. The molecule has 1 unspecified atom stereocenters. The van der Waals surface area contributed by atoms with E-state index in [1.54, 1.807) is 0 Å². The molecule has 0 aromatic heterocycles. The zero-order valence-electron chi connectivity index (χ0n) is 8.47. The van der Waals surface area contributed by atoms with Crippen molar-refractivity contribution in [2.45, 2.75) is 45.2 Å². The Morgan fingerprint density at radius 2 is 1.92 bits per heavy atom. The standard InChI is InChI=1S/C10H19BO/c1-8(2)7-12-11-9(3)5-6-10(11)4/h9-10H,1,5-7H2,2-4H3/t9-,10?/m1/s1. The Labute approximate surface area is 76.3 Å². The van der Waals surface area contributed by atoms with E-state index < -0.39 is 0 Å². The van der Waals surface area contributed by atoms with Gasteiger partial charge in [-0.3, -0.25) is 0 Å². The Hall–Kier alpha value is -0.235. The van der Waals surface area contributed by atoms with E-state index in [0.717, 1.165) is 23.8 Å². The molecular weight excluding hydrogens is 147 g/mol. The summed E-state index contributed by atoms with van der Waals surface area (Å²) in [5, 5.41) is 0. The second-order valence-corrected chi connectivity index (χ2v) is 4.26. The highest BCUT2D eigenvalue weighted by Crippen LogP contribution is 2.38. The van der Waals surface area contributed by atoms with Crippen molar-refractivity contribution in [2.75, 3.05) is 6.61 Å². The second-order valence-electron chi connectivity index (χ2n) is 4.26.